The van der Waals surface area contributed by atoms with Crippen molar-refractivity contribution in [3.8, 4) is 0 Å². The van der Waals surface area contributed by atoms with Crippen molar-refractivity contribution in [2.45, 2.75) is 30.5 Å². The Morgan fingerprint density at radius 1 is 1.33 bits per heavy atom. The molecule has 15 heavy (non-hydrogen) atoms. The lowest BCUT2D eigenvalue weighted by Crippen LogP contribution is -2.17. The van der Waals surface area contributed by atoms with Crippen LogP contribution in [0.5, 0.6) is 0 Å². The zero-order chi connectivity index (χ0) is 11.5. The molecule has 0 aliphatic rings. The number of nitrogens with zero attached hydrogens (tertiary/aromatic N) is 1. The predicted octanol–water partition coefficient (Wildman–Crippen LogP) is 2.54. The number of sulfone groups is 1. The molecular formula is C10H14N2O2S. The van der Waals surface area contributed by atoms with E-state index in [-0.39, 0.29) is 4.90 Å². The molecule has 0 radical (unpaired) electrons. The molecule has 1 aromatic rings. The van der Waals surface area contributed by atoms with Gasteiger partial charge in [0.15, 0.2) is 5.37 Å². The number of benzene rings is 1. The average Bonchev–Trinajstić information content (AvgIpc) is 2.19. The molecule has 0 fully saturated rings. The van der Waals surface area contributed by atoms with Crippen LogP contribution in [0.15, 0.2) is 34.3 Å². The van der Waals surface area contributed by atoms with E-state index < -0.39 is 15.2 Å². The molecule has 0 aliphatic heterocycles. The van der Waals surface area contributed by atoms with E-state index in [1.807, 2.05) is 6.92 Å². The normalized spacial score (nSPS) is 13.5. The number of rotatable bonds is 4. The summed E-state index contributed by atoms with van der Waals surface area (Å²) in [4.78, 5) is 0.232. The summed E-state index contributed by atoms with van der Waals surface area (Å²) in [6.45, 7) is 3.59. The van der Waals surface area contributed by atoms with Gasteiger partial charge in [-0.3, -0.25) is 0 Å². The van der Waals surface area contributed by atoms with Crippen LogP contribution in [0.3, 0.4) is 0 Å². The molecule has 1 rings (SSSR count). The Hall–Kier alpha value is -1.23. The van der Waals surface area contributed by atoms with E-state index in [9.17, 15) is 8.42 Å². The van der Waals surface area contributed by atoms with Crippen molar-refractivity contribution in [3.63, 3.8) is 0 Å². The lowest BCUT2D eigenvalue weighted by atomic mass is 10.2. The molecule has 0 bridgehead atoms. The standard InChI is InChI=1S/C10H14N2O2S/c1-3-10(12-11)15(13,14)9-6-4-8(2)5-7-9/h4-7,10-11H,3H2,1-2H3. The van der Waals surface area contributed by atoms with Crippen LogP contribution in [0.4, 0.5) is 0 Å². The predicted molar refractivity (Wildman–Crippen MR) is 57.6 cm³/mol. The van der Waals surface area contributed by atoms with E-state index in [0.29, 0.717) is 6.42 Å². The molecule has 0 aromatic heterocycles. The summed E-state index contributed by atoms with van der Waals surface area (Å²) in [7, 11) is -3.47. The van der Waals surface area contributed by atoms with Crippen LogP contribution in [0.2, 0.25) is 0 Å². The Balaban J connectivity index is 3.16. The summed E-state index contributed by atoms with van der Waals surface area (Å²) in [5, 5.41) is 2.18. The zero-order valence-electron chi connectivity index (χ0n) is 8.77. The molecule has 4 nitrogen and oxygen atoms in total. The van der Waals surface area contributed by atoms with E-state index in [2.05, 4.69) is 5.11 Å². The molecule has 0 aliphatic carbocycles. The van der Waals surface area contributed by atoms with Gasteiger partial charge in [-0.05, 0) is 25.5 Å². The summed E-state index contributed by atoms with van der Waals surface area (Å²) < 4.78 is 23.8. The van der Waals surface area contributed by atoms with Crippen molar-refractivity contribution in [1.82, 2.24) is 0 Å². The topological polar surface area (TPSA) is 70.3 Å². The Kier molecular flexibility index (Phi) is 3.57. The van der Waals surface area contributed by atoms with Gasteiger partial charge >= 0.3 is 0 Å². The van der Waals surface area contributed by atoms with Crippen LogP contribution >= 0.6 is 0 Å². The molecule has 1 atom stereocenters. The molecule has 1 aromatic carbocycles. The third kappa shape index (κ3) is 2.41. The van der Waals surface area contributed by atoms with Gasteiger partial charge < -0.3 is 0 Å². The highest BCUT2D eigenvalue weighted by Crippen LogP contribution is 2.19. The summed E-state index contributed by atoms with van der Waals surface area (Å²) >= 11 is 0. The average molecular weight is 226 g/mol. The van der Waals surface area contributed by atoms with Gasteiger partial charge in [0.05, 0.1) is 4.90 Å². The molecule has 0 amide bonds. The van der Waals surface area contributed by atoms with Crippen LogP contribution < -0.4 is 0 Å². The van der Waals surface area contributed by atoms with Crippen LogP contribution in [0.25, 0.3) is 0 Å². The molecule has 1 unspecified atom stereocenters. The summed E-state index contributed by atoms with van der Waals surface area (Å²) in [5.41, 5.74) is 7.86. The monoisotopic (exact) mass is 226 g/mol. The quantitative estimate of drug-likeness (QED) is 0.801. The van der Waals surface area contributed by atoms with Crippen molar-refractivity contribution in [3.05, 3.63) is 29.8 Å². The van der Waals surface area contributed by atoms with Gasteiger partial charge in [0.25, 0.3) is 0 Å². The number of hydrogen-bond donors (Lipinski definition) is 1. The molecule has 82 valence electrons. The fourth-order valence-electron chi connectivity index (χ4n) is 1.27. The largest absolute Gasteiger partial charge is 0.221 e. The van der Waals surface area contributed by atoms with Crippen molar-refractivity contribution >= 4 is 9.84 Å². The maximum atomic E-state index is 11.9. The van der Waals surface area contributed by atoms with Crippen LogP contribution in [-0.2, 0) is 9.84 Å². The number of aryl methyl sites for hydroxylation is 1. The third-order valence-electron chi connectivity index (χ3n) is 2.20. The molecule has 0 saturated heterocycles. The second-order valence-electron chi connectivity index (χ2n) is 3.35. The molecule has 0 spiro atoms. The van der Waals surface area contributed by atoms with E-state index in [1.54, 1.807) is 31.2 Å². The van der Waals surface area contributed by atoms with Crippen molar-refractivity contribution < 1.29 is 8.42 Å². The summed E-state index contributed by atoms with van der Waals surface area (Å²) in [6.07, 6.45) is 0.319. The number of nitrogens with one attached hydrogen (secondary N) is 1. The van der Waals surface area contributed by atoms with Gasteiger partial charge in [-0.25, -0.2) is 13.9 Å². The smallest absolute Gasteiger partial charge is 0.203 e. The third-order valence-corrected chi connectivity index (χ3v) is 4.29. The van der Waals surface area contributed by atoms with E-state index in [4.69, 9.17) is 5.53 Å². The number of hydrogen-bond acceptors (Lipinski definition) is 4. The minimum atomic E-state index is -3.47. The Morgan fingerprint density at radius 3 is 2.27 bits per heavy atom. The van der Waals surface area contributed by atoms with Gasteiger partial charge in [0, 0.05) is 0 Å². The second-order valence-corrected chi connectivity index (χ2v) is 5.46. The molecule has 1 N–H and O–H groups in total. The Bertz CT molecular complexity index is 437. The minimum absolute atomic E-state index is 0.232. The van der Waals surface area contributed by atoms with Crippen molar-refractivity contribution in [1.29, 1.82) is 5.53 Å². The fourth-order valence-corrected chi connectivity index (χ4v) is 2.67. The van der Waals surface area contributed by atoms with E-state index in [0.717, 1.165) is 5.56 Å². The van der Waals surface area contributed by atoms with Gasteiger partial charge in [-0.1, -0.05) is 24.6 Å². The van der Waals surface area contributed by atoms with Crippen LogP contribution in [0.1, 0.15) is 18.9 Å². The maximum absolute atomic E-state index is 11.9. The van der Waals surface area contributed by atoms with Crippen molar-refractivity contribution in [2.75, 3.05) is 0 Å². The summed E-state index contributed by atoms with van der Waals surface area (Å²) in [6, 6.07) is 6.59. The maximum Gasteiger partial charge on any atom is 0.203 e. The molecule has 5 heteroatoms. The van der Waals surface area contributed by atoms with Gasteiger partial charge in [-0.15, -0.1) is 0 Å². The first-order chi connectivity index (χ1) is 7.02. The lowest BCUT2D eigenvalue weighted by Gasteiger charge is -2.09. The first-order valence-electron chi connectivity index (χ1n) is 4.69. The zero-order valence-corrected chi connectivity index (χ0v) is 9.58. The Morgan fingerprint density at radius 2 is 1.87 bits per heavy atom. The first kappa shape index (κ1) is 11.8. The summed E-state index contributed by atoms with van der Waals surface area (Å²) in [5.74, 6) is 0. The van der Waals surface area contributed by atoms with Gasteiger partial charge in [0.2, 0.25) is 9.84 Å². The van der Waals surface area contributed by atoms with Crippen molar-refractivity contribution in [2.24, 2.45) is 5.11 Å². The SMILES string of the molecule is CCC(N=N)S(=O)(=O)c1ccc(C)cc1. The second kappa shape index (κ2) is 4.53. The molecular weight excluding hydrogens is 212 g/mol. The minimum Gasteiger partial charge on any atom is -0.221 e. The first-order valence-corrected chi connectivity index (χ1v) is 6.24. The lowest BCUT2D eigenvalue weighted by molar-refractivity contribution is 0.572. The Labute approximate surface area is 89.8 Å². The van der Waals surface area contributed by atoms with Crippen LogP contribution in [0, 0.1) is 12.5 Å². The van der Waals surface area contributed by atoms with Crippen LogP contribution in [-0.4, -0.2) is 13.8 Å². The highest BCUT2D eigenvalue weighted by molar-refractivity contribution is 7.92. The van der Waals surface area contributed by atoms with E-state index >= 15 is 0 Å². The fraction of sp³-hybridized carbons (Fsp3) is 0.400. The highest BCUT2D eigenvalue weighted by atomic mass is 32.2. The molecule has 0 heterocycles. The highest BCUT2D eigenvalue weighted by Gasteiger charge is 2.25. The molecule has 0 saturated carbocycles. The van der Waals surface area contributed by atoms with Gasteiger partial charge in [0.1, 0.15) is 0 Å². The van der Waals surface area contributed by atoms with Gasteiger partial charge in [-0.2, -0.15) is 5.11 Å². The van der Waals surface area contributed by atoms with E-state index in [1.165, 1.54) is 0 Å².